The van der Waals surface area contributed by atoms with E-state index in [0.29, 0.717) is 0 Å². The van der Waals surface area contributed by atoms with Crippen molar-refractivity contribution < 1.29 is 21.8 Å². The molecule has 0 aromatic heterocycles. The number of para-hydroxylation sites is 1. The van der Waals surface area contributed by atoms with Crippen LogP contribution in [0.5, 0.6) is 0 Å². The molecule has 2 aromatic carbocycles. The number of benzene rings is 2. The molecule has 0 fully saturated rings. The fourth-order valence-electron chi connectivity index (χ4n) is 2.97. The molecule has 11 heteroatoms. The van der Waals surface area contributed by atoms with Crippen LogP contribution >= 0.6 is 0 Å². The zero-order valence-corrected chi connectivity index (χ0v) is 19.0. The maximum absolute atomic E-state index is 13.1. The van der Waals surface area contributed by atoms with Crippen LogP contribution in [0.2, 0.25) is 0 Å². The summed E-state index contributed by atoms with van der Waals surface area (Å²) in [5, 5.41) is 11.3. The summed E-state index contributed by atoms with van der Waals surface area (Å²) >= 11 is 0. The van der Waals surface area contributed by atoms with Crippen molar-refractivity contribution in [2.24, 2.45) is 0 Å². The van der Waals surface area contributed by atoms with Crippen LogP contribution < -0.4 is 0 Å². The summed E-state index contributed by atoms with van der Waals surface area (Å²) in [4.78, 5) is 10.00. The minimum Gasteiger partial charge on any atom is -0.258 e. The fraction of sp³-hybridized carbons (Fsp3) is 0.238. The van der Waals surface area contributed by atoms with Crippen molar-refractivity contribution >= 4 is 25.7 Å². The van der Waals surface area contributed by atoms with Crippen molar-refractivity contribution in [1.82, 2.24) is 8.61 Å². The highest BCUT2D eigenvalue weighted by Gasteiger charge is 2.32. The minimum absolute atomic E-state index is 0.0512. The van der Waals surface area contributed by atoms with Crippen molar-refractivity contribution in [2.45, 2.75) is 11.4 Å². The molecule has 0 radical (unpaired) electrons. The molecule has 0 aliphatic heterocycles. The van der Waals surface area contributed by atoms with Gasteiger partial charge in [-0.1, -0.05) is 54.6 Å². The molecule has 0 amide bonds. The number of sulfonamides is 2. The monoisotopic (exact) mass is 479 g/mol. The Bertz CT molecular complexity index is 1170. The SMILES string of the molecule is C=CCN(Cc1ccccc1)S(=O)(=O)CCN(CC=C)S(=O)(=O)c1ccccc1[N+](=O)[O-]. The van der Waals surface area contributed by atoms with Crippen LogP contribution in [-0.2, 0) is 26.6 Å². The molecule has 0 aliphatic carbocycles. The van der Waals surface area contributed by atoms with Crippen molar-refractivity contribution in [3.05, 3.63) is 95.6 Å². The molecular formula is C21H25N3O6S2. The normalized spacial score (nSPS) is 12.1. The highest BCUT2D eigenvalue weighted by molar-refractivity contribution is 7.90. The van der Waals surface area contributed by atoms with Crippen LogP contribution in [0.15, 0.2) is 84.8 Å². The van der Waals surface area contributed by atoms with Gasteiger partial charge in [0.25, 0.3) is 5.69 Å². The lowest BCUT2D eigenvalue weighted by Gasteiger charge is -2.24. The van der Waals surface area contributed by atoms with E-state index in [1.54, 1.807) is 24.3 Å². The highest BCUT2D eigenvalue weighted by atomic mass is 32.2. The van der Waals surface area contributed by atoms with Gasteiger partial charge in [0, 0.05) is 32.2 Å². The van der Waals surface area contributed by atoms with E-state index in [1.165, 1.54) is 28.6 Å². The van der Waals surface area contributed by atoms with Crippen LogP contribution in [0.1, 0.15) is 5.56 Å². The first-order valence-electron chi connectivity index (χ1n) is 9.60. The van der Waals surface area contributed by atoms with Crippen molar-refractivity contribution in [2.75, 3.05) is 25.4 Å². The molecule has 0 spiro atoms. The Morgan fingerprint density at radius 3 is 2.03 bits per heavy atom. The highest BCUT2D eigenvalue weighted by Crippen LogP contribution is 2.26. The molecule has 2 rings (SSSR count). The first-order valence-corrected chi connectivity index (χ1v) is 12.7. The Morgan fingerprint density at radius 2 is 1.44 bits per heavy atom. The lowest BCUT2D eigenvalue weighted by Crippen LogP contribution is -2.40. The molecule has 0 N–H and O–H groups in total. The number of rotatable bonds is 13. The van der Waals surface area contributed by atoms with E-state index in [9.17, 15) is 26.9 Å². The lowest BCUT2D eigenvalue weighted by molar-refractivity contribution is -0.387. The third-order valence-electron chi connectivity index (χ3n) is 4.54. The van der Waals surface area contributed by atoms with E-state index in [1.807, 2.05) is 6.07 Å². The summed E-state index contributed by atoms with van der Waals surface area (Å²) in [6.45, 7) is 6.67. The average molecular weight is 480 g/mol. The van der Waals surface area contributed by atoms with Crippen LogP contribution in [0, 0.1) is 10.1 Å². The first-order chi connectivity index (χ1) is 15.1. The Hall–Kier alpha value is -2.86. The molecule has 0 aliphatic rings. The van der Waals surface area contributed by atoms with E-state index in [2.05, 4.69) is 13.2 Å². The summed E-state index contributed by atoms with van der Waals surface area (Å²) in [6.07, 6.45) is 2.75. The van der Waals surface area contributed by atoms with Crippen LogP contribution in [0.3, 0.4) is 0 Å². The number of nitro groups is 1. The number of nitrogens with zero attached hydrogens (tertiary/aromatic N) is 3. The third-order valence-corrected chi connectivity index (χ3v) is 8.21. The van der Waals surface area contributed by atoms with Gasteiger partial charge >= 0.3 is 0 Å². The molecule has 0 bridgehead atoms. The van der Waals surface area contributed by atoms with Gasteiger partial charge in [-0.15, -0.1) is 13.2 Å². The van der Waals surface area contributed by atoms with Gasteiger partial charge in [-0.2, -0.15) is 8.61 Å². The molecule has 0 heterocycles. The van der Waals surface area contributed by atoms with E-state index in [4.69, 9.17) is 0 Å². The fourth-order valence-corrected chi connectivity index (χ4v) is 6.04. The predicted molar refractivity (Wildman–Crippen MR) is 123 cm³/mol. The molecule has 0 atom stereocenters. The zero-order chi connectivity index (χ0) is 23.8. The Balaban J connectivity index is 2.29. The molecule has 0 saturated carbocycles. The van der Waals surface area contributed by atoms with E-state index >= 15 is 0 Å². The third kappa shape index (κ3) is 6.33. The number of hydrogen-bond donors (Lipinski definition) is 0. The van der Waals surface area contributed by atoms with Crippen LogP contribution in [0.25, 0.3) is 0 Å². The Labute approximate surface area is 188 Å². The van der Waals surface area contributed by atoms with Gasteiger partial charge in [-0.25, -0.2) is 16.8 Å². The standard InChI is InChI=1S/C21H25N3O6S2/c1-3-14-22(32(29,30)21-13-9-8-12-20(21)24(25)26)16-17-31(27,28)23(15-4-2)18-19-10-6-5-7-11-19/h3-13H,1-2,14-18H2. The maximum Gasteiger partial charge on any atom is 0.289 e. The Kier molecular flexibility index (Phi) is 8.84. The van der Waals surface area contributed by atoms with E-state index in [-0.39, 0.29) is 19.6 Å². The van der Waals surface area contributed by atoms with Crippen LogP contribution in [-0.4, -0.2) is 55.8 Å². The zero-order valence-electron chi connectivity index (χ0n) is 17.4. The maximum atomic E-state index is 13.1. The minimum atomic E-state index is -4.34. The molecule has 0 unspecified atom stereocenters. The molecule has 2 aromatic rings. The van der Waals surface area contributed by atoms with Gasteiger partial charge in [0.2, 0.25) is 20.0 Å². The quantitative estimate of drug-likeness (QED) is 0.248. The molecule has 32 heavy (non-hydrogen) atoms. The van der Waals surface area contributed by atoms with E-state index in [0.717, 1.165) is 22.0 Å². The summed E-state index contributed by atoms with van der Waals surface area (Å²) in [5.41, 5.74) is 0.190. The predicted octanol–water partition coefficient (Wildman–Crippen LogP) is 2.79. The summed E-state index contributed by atoms with van der Waals surface area (Å²) < 4.78 is 54.3. The van der Waals surface area contributed by atoms with Gasteiger partial charge in [0.1, 0.15) is 0 Å². The lowest BCUT2D eigenvalue weighted by atomic mass is 10.2. The van der Waals surface area contributed by atoms with E-state index < -0.39 is 47.9 Å². The van der Waals surface area contributed by atoms with Gasteiger partial charge < -0.3 is 0 Å². The van der Waals surface area contributed by atoms with Gasteiger partial charge in [-0.3, -0.25) is 10.1 Å². The van der Waals surface area contributed by atoms with Gasteiger partial charge in [-0.05, 0) is 11.6 Å². The number of hydrogen-bond acceptors (Lipinski definition) is 6. The Morgan fingerprint density at radius 1 is 0.875 bits per heavy atom. The molecule has 9 nitrogen and oxygen atoms in total. The van der Waals surface area contributed by atoms with Crippen LogP contribution in [0.4, 0.5) is 5.69 Å². The molecule has 172 valence electrons. The topological polar surface area (TPSA) is 118 Å². The largest absolute Gasteiger partial charge is 0.289 e. The van der Waals surface area contributed by atoms with Gasteiger partial charge in [0.15, 0.2) is 4.90 Å². The van der Waals surface area contributed by atoms with Crippen molar-refractivity contribution in [3.63, 3.8) is 0 Å². The average Bonchev–Trinajstić information content (AvgIpc) is 2.77. The van der Waals surface area contributed by atoms with Crippen molar-refractivity contribution in [1.29, 1.82) is 0 Å². The number of nitro benzene ring substituents is 1. The summed E-state index contributed by atoms with van der Waals surface area (Å²) in [7, 11) is -8.22. The van der Waals surface area contributed by atoms with Gasteiger partial charge in [0.05, 0.1) is 10.7 Å². The summed E-state index contributed by atoms with van der Waals surface area (Å²) in [5.74, 6) is -0.513. The second-order valence-electron chi connectivity index (χ2n) is 6.76. The van der Waals surface area contributed by atoms with Crippen molar-refractivity contribution in [3.8, 4) is 0 Å². The summed E-state index contributed by atoms with van der Waals surface area (Å²) in [6, 6.07) is 13.9. The molecular weight excluding hydrogens is 454 g/mol. The first kappa shape index (κ1) is 25.4. The second-order valence-corrected chi connectivity index (χ2v) is 10.8. The second kappa shape index (κ2) is 11.1. The molecule has 0 saturated heterocycles. The smallest absolute Gasteiger partial charge is 0.258 e.